The highest BCUT2D eigenvalue weighted by Crippen LogP contribution is 2.24. The average Bonchev–Trinajstić information content (AvgIpc) is 2.95. The molecule has 1 heterocycles. The number of nitrogens with zero attached hydrogens (tertiary/aromatic N) is 2. The molecule has 7 heteroatoms. The van der Waals surface area contributed by atoms with Crippen LogP contribution in [0, 0.1) is 17.7 Å². The number of benzene rings is 1. The Hall–Kier alpha value is -1.63. The zero-order valence-corrected chi connectivity index (χ0v) is 15.8. The van der Waals surface area contributed by atoms with Crippen LogP contribution < -0.4 is 5.32 Å². The van der Waals surface area contributed by atoms with Crippen LogP contribution in [0.25, 0.3) is 0 Å². The van der Waals surface area contributed by atoms with E-state index in [2.05, 4.69) is 31.1 Å². The first kappa shape index (κ1) is 18.7. The number of methoxy groups -OCH3 is 1. The van der Waals surface area contributed by atoms with Gasteiger partial charge in [0, 0.05) is 26.7 Å². The summed E-state index contributed by atoms with van der Waals surface area (Å²) < 4.78 is 18.6. The van der Waals surface area contributed by atoms with Crippen molar-refractivity contribution in [2.75, 3.05) is 33.8 Å². The molecule has 0 saturated carbocycles. The molecule has 5 nitrogen and oxygen atoms in total. The number of hydrogen-bond acceptors (Lipinski definition) is 3. The Morgan fingerprint density at radius 3 is 2.88 bits per heavy atom. The summed E-state index contributed by atoms with van der Waals surface area (Å²) in [4.78, 5) is 18.2. The van der Waals surface area contributed by atoms with Gasteiger partial charge in [0.05, 0.1) is 17.5 Å². The molecule has 132 valence electrons. The van der Waals surface area contributed by atoms with Gasteiger partial charge in [-0.05, 0) is 46.0 Å². The van der Waals surface area contributed by atoms with E-state index in [1.54, 1.807) is 19.2 Å². The van der Waals surface area contributed by atoms with Gasteiger partial charge in [-0.25, -0.2) is 4.39 Å². The lowest BCUT2D eigenvalue weighted by molar-refractivity contribution is -0.145. The third-order valence-corrected chi connectivity index (χ3v) is 4.92. The minimum Gasteiger partial charge on any atom is -0.469 e. The zero-order valence-electron chi connectivity index (χ0n) is 14.2. The van der Waals surface area contributed by atoms with E-state index in [4.69, 9.17) is 4.74 Å². The third kappa shape index (κ3) is 4.47. The van der Waals surface area contributed by atoms with Crippen LogP contribution in [0.15, 0.2) is 27.7 Å². The Bertz CT molecular complexity index is 624. The summed E-state index contributed by atoms with van der Waals surface area (Å²) in [6.07, 6.45) is 0.752. The molecule has 2 atom stereocenters. The second kappa shape index (κ2) is 8.46. The largest absolute Gasteiger partial charge is 0.469 e. The van der Waals surface area contributed by atoms with Gasteiger partial charge in [0.2, 0.25) is 0 Å². The first-order chi connectivity index (χ1) is 11.5. The molecule has 1 aliphatic heterocycles. The fourth-order valence-electron chi connectivity index (χ4n) is 2.94. The summed E-state index contributed by atoms with van der Waals surface area (Å²) in [6.45, 7) is 4.10. The van der Waals surface area contributed by atoms with E-state index in [1.165, 1.54) is 13.2 Å². The maximum Gasteiger partial charge on any atom is 0.310 e. The van der Waals surface area contributed by atoms with Gasteiger partial charge in [-0.2, -0.15) is 0 Å². The Labute approximate surface area is 150 Å². The van der Waals surface area contributed by atoms with Crippen molar-refractivity contribution in [1.29, 1.82) is 0 Å². The number of esters is 1. The molecule has 2 unspecified atom stereocenters. The lowest BCUT2D eigenvalue weighted by atomic mass is 9.99. The number of guanidine groups is 1. The van der Waals surface area contributed by atoms with Crippen molar-refractivity contribution in [3.05, 3.63) is 34.1 Å². The summed E-state index contributed by atoms with van der Waals surface area (Å²) >= 11 is 3.20. The number of ether oxygens (including phenoxy) is 1. The van der Waals surface area contributed by atoms with Gasteiger partial charge in [0.1, 0.15) is 5.82 Å². The molecule has 1 saturated heterocycles. The van der Waals surface area contributed by atoms with E-state index in [0.717, 1.165) is 24.5 Å². The molecule has 0 amide bonds. The van der Waals surface area contributed by atoms with E-state index >= 15 is 0 Å². The topological polar surface area (TPSA) is 53.9 Å². The number of aliphatic imine (C=N–C) groups is 1. The van der Waals surface area contributed by atoms with Crippen LogP contribution in [0.1, 0.15) is 12.5 Å². The number of nitrogens with one attached hydrogen (secondary N) is 1. The van der Waals surface area contributed by atoms with Crippen LogP contribution in [0.4, 0.5) is 4.39 Å². The van der Waals surface area contributed by atoms with Crippen molar-refractivity contribution >= 4 is 27.9 Å². The zero-order chi connectivity index (χ0) is 17.7. The summed E-state index contributed by atoms with van der Waals surface area (Å²) in [5.41, 5.74) is 1.04. The molecule has 0 spiro atoms. The molecule has 1 aromatic carbocycles. The van der Waals surface area contributed by atoms with Gasteiger partial charge >= 0.3 is 5.97 Å². The summed E-state index contributed by atoms with van der Waals surface area (Å²) in [7, 11) is 3.15. The van der Waals surface area contributed by atoms with Crippen LogP contribution in [-0.2, 0) is 16.0 Å². The van der Waals surface area contributed by atoms with Gasteiger partial charge < -0.3 is 15.0 Å². The summed E-state index contributed by atoms with van der Waals surface area (Å²) in [6, 6.07) is 5.01. The molecule has 1 aromatic rings. The average molecular weight is 400 g/mol. The highest BCUT2D eigenvalue weighted by molar-refractivity contribution is 9.10. The number of halogens is 2. The molecule has 1 N–H and O–H groups in total. The molecule has 2 rings (SSSR count). The van der Waals surface area contributed by atoms with Crippen molar-refractivity contribution in [3.63, 3.8) is 0 Å². The Kier molecular flexibility index (Phi) is 6.60. The van der Waals surface area contributed by atoms with Gasteiger partial charge in [0.25, 0.3) is 0 Å². The summed E-state index contributed by atoms with van der Waals surface area (Å²) in [5.74, 6) is 0.444. The molecule has 24 heavy (non-hydrogen) atoms. The molecular formula is C17H23BrFN3O2. The van der Waals surface area contributed by atoms with Crippen molar-refractivity contribution < 1.29 is 13.9 Å². The lowest BCUT2D eigenvalue weighted by Gasteiger charge is -2.21. The quantitative estimate of drug-likeness (QED) is 0.479. The molecule has 0 aromatic heterocycles. The van der Waals surface area contributed by atoms with Crippen LogP contribution in [0.3, 0.4) is 0 Å². The molecule has 0 radical (unpaired) electrons. The van der Waals surface area contributed by atoms with Crippen molar-refractivity contribution in [2.24, 2.45) is 16.8 Å². The number of hydrogen-bond donors (Lipinski definition) is 1. The first-order valence-corrected chi connectivity index (χ1v) is 8.73. The van der Waals surface area contributed by atoms with Crippen LogP contribution in [0.2, 0.25) is 0 Å². The van der Waals surface area contributed by atoms with Gasteiger partial charge in [-0.1, -0.05) is 13.0 Å². The maximum absolute atomic E-state index is 13.2. The number of carbonyl (C=O) groups is 1. The SMILES string of the molecule is CN=C(NCCc1ccc(F)c(Br)c1)N1CC(C)C(C(=O)OC)C1. The Balaban J connectivity index is 1.89. The first-order valence-electron chi connectivity index (χ1n) is 7.93. The van der Waals surface area contributed by atoms with E-state index < -0.39 is 0 Å². The molecule has 0 bridgehead atoms. The summed E-state index contributed by atoms with van der Waals surface area (Å²) in [5, 5.41) is 3.31. The van der Waals surface area contributed by atoms with Gasteiger partial charge in [0.15, 0.2) is 5.96 Å². The lowest BCUT2D eigenvalue weighted by Crippen LogP contribution is -2.41. The van der Waals surface area contributed by atoms with Gasteiger partial charge in [-0.15, -0.1) is 0 Å². The fourth-order valence-corrected chi connectivity index (χ4v) is 3.37. The second-order valence-corrected chi connectivity index (χ2v) is 6.84. The van der Waals surface area contributed by atoms with Crippen LogP contribution >= 0.6 is 15.9 Å². The minimum absolute atomic E-state index is 0.124. The Morgan fingerprint density at radius 1 is 1.50 bits per heavy atom. The minimum atomic E-state index is -0.262. The third-order valence-electron chi connectivity index (χ3n) is 4.31. The second-order valence-electron chi connectivity index (χ2n) is 5.98. The van der Waals surface area contributed by atoms with E-state index in [1.807, 2.05) is 6.92 Å². The molecular weight excluding hydrogens is 377 g/mol. The van der Waals surface area contributed by atoms with Crippen LogP contribution in [-0.4, -0.2) is 50.6 Å². The molecule has 0 aliphatic carbocycles. The predicted molar refractivity (Wildman–Crippen MR) is 95.4 cm³/mol. The van der Waals surface area contributed by atoms with E-state index in [0.29, 0.717) is 17.6 Å². The normalized spacial score (nSPS) is 21.0. The number of rotatable bonds is 4. The van der Waals surface area contributed by atoms with Crippen molar-refractivity contribution in [1.82, 2.24) is 10.2 Å². The number of likely N-dealkylation sites (tertiary alicyclic amines) is 1. The van der Waals surface area contributed by atoms with E-state index in [9.17, 15) is 9.18 Å². The highest BCUT2D eigenvalue weighted by atomic mass is 79.9. The van der Waals surface area contributed by atoms with Crippen LogP contribution in [0.5, 0.6) is 0 Å². The maximum atomic E-state index is 13.2. The van der Waals surface area contributed by atoms with Gasteiger partial charge in [-0.3, -0.25) is 9.79 Å². The fraction of sp³-hybridized carbons (Fsp3) is 0.529. The Morgan fingerprint density at radius 2 is 2.25 bits per heavy atom. The smallest absolute Gasteiger partial charge is 0.310 e. The highest BCUT2D eigenvalue weighted by Gasteiger charge is 2.36. The van der Waals surface area contributed by atoms with Crippen molar-refractivity contribution in [3.8, 4) is 0 Å². The van der Waals surface area contributed by atoms with Crippen molar-refractivity contribution in [2.45, 2.75) is 13.3 Å². The monoisotopic (exact) mass is 399 g/mol. The standard InChI is InChI=1S/C17H23BrFN3O2/c1-11-9-22(10-13(11)16(23)24-3)17(20-2)21-7-6-12-4-5-15(19)14(18)8-12/h4-5,8,11,13H,6-7,9-10H2,1-3H3,(H,20,21). The van der Waals surface area contributed by atoms with E-state index in [-0.39, 0.29) is 23.6 Å². The molecule has 1 fully saturated rings. The number of carbonyl (C=O) groups excluding carboxylic acids is 1. The predicted octanol–water partition coefficient (Wildman–Crippen LogP) is 2.45. The molecule has 1 aliphatic rings.